The molecule has 42 heavy (non-hydrogen) atoms. The van der Waals surface area contributed by atoms with Gasteiger partial charge in [-0.05, 0) is 94.3 Å². The van der Waals surface area contributed by atoms with Gasteiger partial charge in [0.25, 0.3) is 0 Å². The van der Waals surface area contributed by atoms with E-state index in [1.807, 2.05) is 39.0 Å². The number of ether oxygens (including phenoxy) is 1. The molecule has 0 spiro atoms. The number of rotatable bonds is 12. The first-order valence-corrected chi connectivity index (χ1v) is 14.9. The van der Waals surface area contributed by atoms with Crippen LogP contribution in [0.1, 0.15) is 85.0 Å². The Morgan fingerprint density at radius 3 is 2.67 bits per heavy atom. The smallest absolute Gasteiger partial charge is 0.187 e. The van der Waals surface area contributed by atoms with Gasteiger partial charge in [0.05, 0.1) is 23.2 Å². The number of aryl methyl sites for hydroxylation is 2. The largest absolute Gasteiger partial charge is 0.491 e. The number of aromatic nitrogens is 2. The molecule has 2 unspecified atom stereocenters. The Labute approximate surface area is 251 Å². The molecule has 0 amide bonds. The van der Waals surface area contributed by atoms with Gasteiger partial charge in [-0.3, -0.25) is 9.98 Å². The lowest BCUT2D eigenvalue weighted by Crippen LogP contribution is -2.29. The van der Waals surface area contributed by atoms with E-state index in [0.717, 1.165) is 40.8 Å². The topological polar surface area (TPSA) is 85.4 Å². The molecule has 2 saturated carbocycles. The van der Waals surface area contributed by atoms with Crippen molar-refractivity contribution < 1.29 is 13.5 Å². The van der Waals surface area contributed by atoms with Crippen molar-refractivity contribution in [2.75, 3.05) is 18.9 Å². The van der Waals surface area contributed by atoms with Gasteiger partial charge in [0.1, 0.15) is 17.1 Å². The van der Waals surface area contributed by atoms with Crippen LogP contribution < -0.4 is 15.8 Å². The number of pyridine rings is 2. The fraction of sp³-hybridized carbons (Fsp3) is 0.424. The maximum Gasteiger partial charge on any atom is 0.187 e. The Hall–Kier alpha value is -3.52. The van der Waals surface area contributed by atoms with Crippen molar-refractivity contribution >= 4 is 29.2 Å². The summed E-state index contributed by atoms with van der Waals surface area (Å²) in [5, 5.41) is 3.92. The number of benzene rings is 1. The van der Waals surface area contributed by atoms with Gasteiger partial charge in [-0.25, -0.2) is 13.8 Å². The molecule has 0 aliphatic heterocycles. The first-order valence-electron chi connectivity index (χ1n) is 14.5. The van der Waals surface area contributed by atoms with Crippen molar-refractivity contribution in [3.63, 3.8) is 0 Å². The van der Waals surface area contributed by atoms with E-state index in [9.17, 15) is 4.39 Å². The second-order valence-corrected chi connectivity index (χ2v) is 11.8. The molecule has 1 aromatic carbocycles. The number of aliphatic imine (C=N–C) groups is 1. The third-order valence-electron chi connectivity index (χ3n) is 8.02. The number of anilines is 1. The van der Waals surface area contributed by atoms with Crippen LogP contribution in [0.2, 0.25) is 5.02 Å². The molecule has 2 aliphatic carbocycles. The van der Waals surface area contributed by atoms with Crippen LogP contribution in [0.15, 0.2) is 42.0 Å². The van der Waals surface area contributed by atoms with Crippen LogP contribution in [0, 0.1) is 13.8 Å². The molecule has 3 N–H and O–H groups in total. The zero-order chi connectivity index (χ0) is 30.2. The summed E-state index contributed by atoms with van der Waals surface area (Å²) in [5.74, 6) is 0.476. The lowest BCUT2D eigenvalue weighted by Gasteiger charge is -2.25. The van der Waals surface area contributed by atoms with Crippen molar-refractivity contribution in [3.8, 4) is 17.0 Å². The Morgan fingerprint density at radius 2 is 2.02 bits per heavy atom. The molecule has 6 nitrogen and oxygen atoms in total. The molecule has 2 atom stereocenters. The highest BCUT2D eigenvalue weighted by atomic mass is 35.5. The molecule has 5 rings (SSSR count). The molecule has 0 saturated heterocycles. The van der Waals surface area contributed by atoms with Crippen LogP contribution in [-0.2, 0) is 0 Å². The van der Waals surface area contributed by atoms with Crippen LogP contribution >= 0.6 is 11.6 Å². The minimum Gasteiger partial charge on any atom is -0.491 e. The average Bonchev–Trinajstić information content (AvgIpc) is 3.89. The highest BCUT2D eigenvalue weighted by Gasteiger charge is 2.51. The number of hydrogen-bond acceptors (Lipinski definition) is 6. The van der Waals surface area contributed by atoms with Gasteiger partial charge in [-0.15, -0.1) is 0 Å². The second-order valence-electron chi connectivity index (χ2n) is 11.4. The monoisotopic (exact) mass is 593 g/mol. The summed E-state index contributed by atoms with van der Waals surface area (Å²) in [6.07, 6.45) is 4.91. The minimum absolute atomic E-state index is 0.279. The third-order valence-corrected chi connectivity index (χ3v) is 8.41. The standard InChI is InChI=1S/C33H38ClF2N5O/c1-6-42-32-19(3)14-27(41-31(32)25-9-12-38-30(28(25)34)22-7-8-22)26(33(36)10-11-33)17-39-20(4)23-13-18(2)29(37)24(15-23)16-40-21(5)35/h9,12-16,21-22,26,39H,4,6-8,10-11,17,37H2,1-3,5H3/b40-16+. The molecule has 2 heterocycles. The number of halogens is 3. The molecular formula is C33H38ClF2N5O. The fourth-order valence-electron chi connectivity index (χ4n) is 5.30. The number of nitrogens with zero attached hydrogens (tertiary/aromatic N) is 3. The summed E-state index contributed by atoms with van der Waals surface area (Å²) < 4.78 is 35.4. The zero-order valence-electron chi connectivity index (χ0n) is 24.6. The number of alkyl halides is 2. The molecule has 222 valence electrons. The molecule has 0 radical (unpaired) electrons. The quantitative estimate of drug-likeness (QED) is 0.127. The van der Waals surface area contributed by atoms with E-state index >= 15 is 4.39 Å². The maximum atomic E-state index is 16.0. The van der Waals surface area contributed by atoms with E-state index < -0.39 is 17.9 Å². The van der Waals surface area contributed by atoms with Gasteiger partial charge in [0, 0.05) is 53.1 Å². The van der Waals surface area contributed by atoms with E-state index in [2.05, 4.69) is 21.9 Å². The van der Waals surface area contributed by atoms with Crippen LogP contribution in [0.5, 0.6) is 5.75 Å². The van der Waals surface area contributed by atoms with Crippen LogP contribution in [0.3, 0.4) is 0 Å². The van der Waals surface area contributed by atoms with Crippen molar-refractivity contribution in [2.45, 2.75) is 77.2 Å². The van der Waals surface area contributed by atoms with Gasteiger partial charge >= 0.3 is 0 Å². The molecule has 3 aromatic rings. The highest BCUT2D eigenvalue weighted by molar-refractivity contribution is 6.34. The Morgan fingerprint density at radius 1 is 1.29 bits per heavy atom. The van der Waals surface area contributed by atoms with Crippen LogP contribution in [0.25, 0.3) is 17.0 Å². The average molecular weight is 594 g/mol. The van der Waals surface area contributed by atoms with Crippen LogP contribution in [-0.4, -0.2) is 41.3 Å². The first-order chi connectivity index (χ1) is 20.0. The predicted molar refractivity (Wildman–Crippen MR) is 167 cm³/mol. The summed E-state index contributed by atoms with van der Waals surface area (Å²) in [4.78, 5) is 13.4. The molecule has 0 bridgehead atoms. The molecule has 2 aliphatic rings. The fourth-order valence-corrected chi connectivity index (χ4v) is 5.65. The summed E-state index contributed by atoms with van der Waals surface area (Å²) in [5.41, 5.74) is 11.9. The van der Waals surface area contributed by atoms with E-state index in [0.29, 0.717) is 64.5 Å². The third kappa shape index (κ3) is 6.28. The van der Waals surface area contributed by atoms with Gasteiger partial charge in [0.2, 0.25) is 0 Å². The number of nitrogens with two attached hydrogens (primary N) is 1. The lowest BCUT2D eigenvalue weighted by molar-refractivity contribution is 0.250. The second kappa shape index (κ2) is 12.0. The SMILES string of the molecule is C=C(NCC(c1cc(C)c(OCC)c(-c2ccnc(C3CC3)c2Cl)n1)C1(F)CC1)c1cc(C)c(N)c(/C=N/C(C)F)c1. The van der Waals surface area contributed by atoms with Crippen LogP contribution in [0.4, 0.5) is 14.5 Å². The number of nitrogen functional groups attached to an aromatic ring is 1. The summed E-state index contributed by atoms with van der Waals surface area (Å²) in [6, 6.07) is 7.48. The van der Waals surface area contributed by atoms with Crippen molar-refractivity contribution in [2.24, 2.45) is 4.99 Å². The van der Waals surface area contributed by atoms with Gasteiger partial charge in [0.15, 0.2) is 6.30 Å². The first kappa shape index (κ1) is 30.0. The van der Waals surface area contributed by atoms with Crippen molar-refractivity contribution in [3.05, 3.63) is 75.7 Å². The molecule has 9 heteroatoms. The zero-order valence-corrected chi connectivity index (χ0v) is 25.4. The summed E-state index contributed by atoms with van der Waals surface area (Å²) >= 11 is 6.89. The van der Waals surface area contributed by atoms with Crippen molar-refractivity contribution in [1.29, 1.82) is 0 Å². The normalized spacial score (nSPS) is 17.2. The Kier molecular flexibility index (Phi) is 8.56. The van der Waals surface area contributed by atoms with Crippen molar-refractivity contribution in [1.82, 2.24) is 15.3 Å². The van der Waals surface area contributed by atoms with E-state index in [-0.39, 0.29) is 6.54 Å². The number of nitrogens with one attached hydrogen (secondary N) is 1. The van der Waals surface area contributed by atoms with E-state index in [1.54, 1.807) is 12.3 Å². The van der Waals surface area contributed by atoms with E-state index in [4.69, 9.17) is 27.1 Å². The molecule has 2 fully saturated rings. The maximum absolute atomic E-state index is 16.0. The minimum atomic E-state index is -1.38. The Balaban J connectivity index is 1.47. The molecular weight excluding hydrogens is 556 g/mol. The summed E-state index contributed by atoms with van der Waals surface area (Å²) in [7, 11) is 0. The van der Waals surface area contributed by atoms with Gasteiger partial charge < -0.3 is 15.8 Å². The summed E-state index contributed by atoms with van der Waals surface area (Å²) in [6.45, 7) is 12.1. The van der Waals surface area contributed by atoms with E-state index in [1.165, 1.54) is 13.1 Å². The highest BCUT2D eigenvalue weighted by Crippen LogP contribution is 2.52. The lowest BCUT2D eigenvalue weighted by atomic mass is 9.93. The van der Waals surface area contributed by atoms with Gasteiger partial charge in [-0.2, -0.15) is 0 Å². The number of hydrogen-bond donors (Lipinski definition) is 2. The Bertz CT molecular complexity index is 1530. The molecule has 2 aromatic heterocycles. The van der Waals surface area contributed by atoms with Gasteiger partial charge in [-0.1, -0.05) is 18.2 Å². The predicted octanol–water partition coefficient (Wildman–Crippen LogP) is 7.85.